The molecule has 1 aromatic heterocycles. The number of para-hydroxylation sites is 1. The fourth-order valence-electron chi connectivity index (χ4n) is 2.69. The lowest BCUT2D eigenvalue weighted by Gasteiger charge is -2.35. The lowest BCUT2D eigenvalue weighted by atomic mass is 10.2. The predicted octanol–water partition coefficient (Wildman–Crippen LogP) is 0.842. The first kappa shape index (κ1) is 13.1. The molecule has 0 unspecified atom stereocenters. The van der Waals surface area contributed by atoms with Gasteiger partial charge in [-0.05, 0) is 19.2 Å². The second kappa shape index (κ2) is 5.25. The number of piperazine rings is 1. The van der Waals surface area contributed by atoms with E-state index in [1.54, 1.807) is 4.68 Å². The largest absolute Gasteiger partial charge is 0.306 e. The topological polar surface area (TPSA) is 41.4 Å². The molecule has 5 nitrogen and oxygen atoms in total. The lowest BCUT2D eigenvalue weighted by Crippen LogP contribution is -2.54. The van der Waals surface area contributed by atoms with Gasteiger partial charge in [0.05, 0.1) is 10.9 Å². The van der Waals surface area contributed by atoms with E-state index in [4.69, 9.17) is 0 Å². The first-order valence-electron chi connectivity index (χ1n) is 7.15. The minimum atomic E-state index is 0.0528. The summed E-state index contributed by atoms with van der Waals surface area (Å²) < 4.78 is 1.79. The third kappa shape index (κ3) is 2.18. The Morgan fingerprint density at radius 3 is 2.55 bits per heavy atom. The van der Waals surface area contributed by atoms with Gasteiger partial charge >= 0.3 is 0 Å². The molecular formula is C15H20N4O. The van der Waals surface area contributed by atoms with E-state index in [-0.39, 0.29) is 5.56 Å². The SMILES string of the molecule is CCc1nc2ccccc2c(=O)n1N1CCN(C)CC1. The van der Waals surface area contributed by atoms with E-state index in [9.17, 15) is 4.79 Å². The summed E-state index contributed by atoms with van der Waals surface area (Å²) in [6.45, 7) is 5.72. The first-order valence-corrected chi connectivity index (χ1v) is 7.15. The van der Waals surface area contributed by atoms with Crippen LogP contribution < -0.4 is 10.6 Å². The highest BCUT2D eigenvalue weighted by Crippen LogP contribution is 2.09. The van der Waals surface area contributed by atoms with Gasteiger partial charge in [0.15, 0.2) is 0 Å². The summed E-state index contributed by atoms with van der Waals surface area (Å²) in [7, 11) is 2.11. The summed E-state index contributed by atoms with van der Waals surface area (Å²) in [5.41, 5.74) is 0.844. The molecule has 1 aromatic carbocycles. The molecule has 3 rings (SSSR count). The van der Waals surface area contributed by atoms with Gasteiger partial charge in [-0.1, -0.05) is 19.1 Å². The van der Waals surface area contributed by atoms with Crippen LogP contribution in [0.5, 0.6) is 0 Å². The third-order valence-electron chi connectivity index (χ3n) is 3.90. The van der Waals surface area contributed by atoms with Crippen molar-refractivity contribution in [2.24, 2.45) is 0 Å². The van der Waals surface area contributed by atoms with Crippen LogP contribution in [0.25, 0.3) is 10.9 Å². The second-order valence-electron chi connectivity index (χ2n) is 5.27. The Kier molecular flexibility index (Phi) is 3.44. The third-order valence-corrected chi connectivity index (χ3v) is 3.90. The normalized spacial score (nSPS) is 16.8. The summed E-state index contributed by atoms with van der Waals surface area (Å²) in [5.74, 6) is 0.846. The minimum absolute atomic E-state index is 0.0528. The highest BCUT2D eigenvalue weighted by atomic mass is 16.1. The monoisotopic (exact) mass is 272 g/mol. The number of nitrogens with zero attached hydrogens (tertiary/aromatic N) is 4. The van der Waals surface area contributed by atoms with Gasteiger partial charge in [-0.2, -0.15) is 0 Å². The first-order chi connectivity index (χ1) is 9.70. The van der Waals surface area contributed by atoms with E-state index >= 15 is 0 Å². The molecule has 0 bridgehead atoms. The fraction of sp³-hybridized carbons (Fsp3) is 0.467. The highest BCUT2D eigenvalue weighted by molar-refractivity contribution is 5.77. The molecule has 0 spiro atoms. The lowest BCUT2D eigenvalue weighted by molar-refractivity contribution is 0.283. The summed E-state index contributed by atoms with van der Waals surface area (Å²) >= 11 is 0. The van der Waals surface area contributed by atoms with Crippen molar-refractivity contribution in [3.05, 3.63) is 40.4 Å². The van der Waals surface area contributed by atoms with Gasteiger partial charge < -0.3 is 9.91 Å². The number of benzene rings is 1. The highest BCUT2D eigenvalue weighted by Gasteiger charge is 2.19. The molecule has 106 valence electrons. The summed E-state index contributed by atoms with van der Waals surface area (Å²) in [5, 5.41) is 2.82. The van der Waals surface area contributed by atoms with E-state index < -0.39 is 0 Å². The van der Waals surface area contributed by atoms with Crippen molar-refractivity contribution in [1.82, 2.24) is 14.6 Å². The number of rotatable bonds is 2. The van der Waals surface area contributed by atoms with E-state index in [0.717, 1.165) is 43.9 Å². The molecule has 0 atom stereocenters. The summed E-state index contributed by atoms with van der Waals surface area (Å²) in [6, 6.07) is 7.58. The van der Waals surface area contributed by atoms with Gasteiger partial charge in [0, 0.05) is 32.6 Å². The van der Waals surface area contributed by atoms with Crippen molar-refractivity contribution < 1.29 is 0 Å². The van der Waals surface area contributed by atoms with E-state index in [1.165, 1.54) is 0 Å². The predicted molar refractivity (Wildman–Crippen MR) is 80.8 cm³/mol. The maximum Gasteiger partial charge on any atom is 0.280 e. The van der Waals surface area contributed by atoms with Crippen molar-refractivity contribution >= 4 is 10.9 Å². The Morgan fingerprint density at radius 1 is 1.15 bits per heavy atom. The zero-order valence-electron chi connectivity index (χ0n) is 12.0. The van der Waals surface area contributed by atoms with Gasteiger partial charge in [-0.15, -0.1) is 0 Å². The molecular weight excluding hydrogens is 252 g/mol. The number of hydrogen-bond donors (Lipinski definition) is 0. The molecule has 0 amide bonds. The summed E-state index contributed by atoms with van der Waals surface area (Å²) in [4.78, 5) is 19.7. The van der Waals surface area contributed by atoms with Crippen LogP contribution in [0.2, 0.25) is 0 Å². The quantitative estimate of drug-likeness (QED) is 0.812. The molecule has 0 radical (unpaired) electrons. The molecule has 0 aliphatic carbocycles. The van der Waals surface area contributed by atoms with Crippen LogP contribution in [0.1, 0.15) is 12.7 Å². The van der Waals surface area contributed by atoms with Crippen LogP contribution in [0.4, 0.5) is 0 Å². The zero-order valence-corrected chi connectivity index (χ0v) is 12.0. The van der Waals surface area contributed by atoms with Crippen molar-refractivity contribution in [1.29, 1.82) is 0 Å². The maximum absolute atomic E-state index is 12.8. The number of aromatic nitrogens is 2. The van der Waals surface area contributed by atoms with Crippen LogP contribution in [0.15, 0.2) is 29.1 Å². The van der Waals surface area contributed by atoms with E-state index in [2.05, 4.69) is 21.9 Å². The van der Waals surface area contributed by atoms with Crippen LogP contribution in [0.3, 0.4) is 0 Å². The molecule has 0 saturated carbocycles. The Hall–Kier alpha value is -1.88. The smallest absolute Gasteiger partial charge is 0.280 e. The van der Waals surface area contributed by atoms with E-state index in [1.807, 2.05) is 31.2 Å². The molecule has 5 heteroatoms. The molecule has 0 N–H and O–H groups in total. The van der Waals surface area contributed by atoms with Gasteiger partial charge in [-0.25, -0.2) is 9.66 Å². The van der Waals surface area contributed by atoms with Crippen molar-refractivity contribution in [2.45, 2.75) is 13.3 Å². The van der Waals surface area contributed by atoms with E-state index in [0.29, 0.717) is 5.39 Å². The molecule has 20 heavy (non-hydrogen) atoms. The fourth-order valence-corrected chi connectivity index (χ4v) is 2.69. The van der Waals surface area contributed by atoms with Crippen LogP contribution in [-0.2, 0) is 6.42 Å². The number of fused-ring (bicyclic) bond motifs is 1. The number of hydrogen-bond acceptors (Lipinski definition) is 4. The van der Waals surface area contributed by atoms with Crippen LogP contribution in [0, 0.1) is 0 Å². The van der Waals surface area contributed by atoms with Crippen LogP contribution >= 0.6 is 0 Å². The average molecular weight is 272 g/mol. The molecule has 1 aliphatic rings. The van der Waals surface area contributed by atoms with Gasteiger partial charge in [0.25, 0.3) is 5.56 Å². The maximum atomic E-state index is 12.8. The average Bonchev–Trinajstić information content (AvgIpc) is 2.48. The molecule has 2 heterocycles. The molecule has 1 fully saturated rings. The Labute approximate surface area is 118 Å². The van der Waals surface area contributed by atoms with Gasteiger partial charge in [0.2, 0.25) is 0 Å². The summed E-state index contributed by atoms with van der Waals surface area (Å²) in [6.07, 6.45) is 0.756. The number of aryl methyl sites for hydroxylation is 1. The Bertz CT molecular complexity index is 671. The van der Waals surface area contributed by atoms with Gasteiger partial charge in [0.1, 0.15) is 5.82 Å². The Morgan fingerprint density at radius 2 is 1.85 bits per heavy atom. The van der Waals surface area contributed by atoms with Crippen molar-refractivity contribution in [3.63, 3.8) is 0 Å². The molecule has 2 aromatic rings. The van der Waals surface area contributed by atoms with Crippen molar-refractivity contribution in [2.75, 3.05) is 38.2 Å². The van der Waals surface area contributed by atoms with Crippen molar-refractivity contribution in [3.8, 4) is 0 Å². The number of likely N-dealkylation sites (N-methyl/N-ethyl adjacent to an activating group) is 1. The zero-order chi connectivity index (χ0) is 14.1. The standard InChI is InChI=1S/C15H20N4O/c1-3-14-16-13-7-5-4-6-12(13)15(20)19(14)18-10-8-17(2)9-11-18/h4-7H,3,8-11H2,1-2H3. The minimum Gasteiger partial charge on any atom is -0.306 e. The van der Waals surface area contributed by atoms with Gasteiger partial charge in [-0.3, -0.25) is 4.79 Å². The second-order valence-corrected chi connectivity index (χ2v) is 5.27. The van der Waals surface area contributed by atoms with Crippen LogP contribution in [-0.4, -0.2) is 47.8 Å². The molecule has 1 saturated heterocycles. The molecule has 1 aliphatic heterocycles. The Balaban J connectivity index is 2.13.